The molecule has 0 unspecified atom stereocenters. The number of aromatic nitrogens is 2. The van der Waals surface area contributed by atoms with E-state index in [9.17, 15) is 4.79 Å². The molecule has 1 amide bonds. The Hall–Kier alpha value is -2.60. The van der Waals surface area contributed by atoms with Gasteiger partial charge in [-0.25, -0.2) is 0 Å². The van der Waals surface area contributed by atoms with Gasteiger partial charge in [0.2, 0.25) is 5.91 Å². The Morgan fingerprint density at radius 1 is 1.21 bits per heavy atom. The molecule has 33 heavy (non-hydrogen) atoms. The molecule has 176 valence electrons. The number of likely N-dealkylation sites (tertiary alicyclic amines) is 1. The van der Waals surface area contributed by atoms with E-state index in [-0.39, 0.29) is 18.0 Å². The number of carbonyl (C=O) groups is 1. The minimum atomic E-state index is -0.187. The van der Waals surface area contributed by atoms with Gasteiger partial charge in [-0.1, -0.05) is 44.0 Å². The van der Waals surface area contributed by atoms with Crippen LogP contribution >= 0.6 is 0 Å². The Morgan fingerprint density at radius 2 is 2.00 bits per heavy atom. The highest BCUT2D eigenvalue weighted by Gasteiger charge is 2.33. The summed E-state index contributed by atoms with van der Waals surface area (Å²) in [5, 5.41) is 9.32. The number of nitrogens with one attached hydrogen (secondary N) is 1. The Labute approximate surface area is 196 Å². The van der Waals surface area contributed by atoms with Crippen LogP contribution in [0.2, 0.25) is 0 Å². The summed E-state index contributed by atoms with van der Waals surface area (Å²) in [4.78, 5) is 15.8. The molecule has 2 aliphatic rings. The maximum atomic E-state index is 13.7. The number of hydrogen-bond acceptors (Lipinski definition) is 4. The monoisotopic (exact) mass is 448 g/mol. The molecule has 3 aromatic rings. The lowest BCUT2D eigenvalue weighted by molar-refractivity contribution is -0.133. The van der Waals surface area contributed by atoms with Crippen molar-refractivity contribution in [1.82, 2.24) is 19.9 Å². The molecular formula is C27H36N4O2. The number of nitrogens with zero attached hydrogens (tertiary/aromatic N) is 3. The first-order valence-electron chi connectivity index (χ1n) is 12.6. The van der Waals surface area contributed by atoms with Gasteiger partial charge in [-0.15, -0.1) is 0 Å². The molecule has 0 bridgehead atoms. The predicted octanol–water partition coefficient (Wildman–Crippen LogP) is 4.99. The van der Waals surface area contributed by atoms with E-state index in [1.54, 1.807) is 0 Å². The Bertz CT molecular complexity index is 1120. The number of amides is 1. The molecule has 0 saturated carbocycles. The van der Waals surface area contributed by atoms with E-state index in [4.69, 9.17) is 4.52 Å². The van der Waals surface area contributed by atoms with Crippen LogP contribution in [0.25, 0.3) is 10.9 Å². The fraction of sp³-hybridized carbons (Fsp3) is 0.556. The Balaban J connectivity index is 1.53. The summed E-state index contributed by atoms with van der Waals surface area (Å²) in [6, 6.07) is 8.57. The van der Waals surface area contributed by atoms with Gasteiger partial charge >= 0.3 is 0 Å². The van der Waals surface area contributed by atoms with Gasteiger partial charge in [0.15, 0.2) is 0 Å². The highest BCUT2D eigenvalue weighted by atomic mass is 16.5. The number of rotatable bonds is 5. The van der Waals surface area contributed by atoms with E-state index in [1.165, 1.54) is 34.9 Å². The Kier molecular flexibility index (Phi) is 6.28. The van der Waals surface area contributed by atoms with Crippen molar-refractivity contribution in [3.05, 3.63) is 53.0 Å². The first-order valence-corrected chi connectivity index (χ1v) is 12.6. The van der Waals surface area contributed by atoms with Gasteiger partial charge in [-0.2, -0.15) is 0 Å². The topological polar surface area (TPSA) is 63.3 Å². The van der Waals surface area contributed by atoms with Crippen LogP contribution < -0.4 is 5.32 Å². The van der Waals surface area contributed by atoms with Gasteiger partial charge in [0.05, 0.1) is 12.6 Å². The molecule has 5 rings (SSSR count). The van der Waals surface area contributed by atoms with Crippen LogP contribution in [0.5, 0.6) is 0 Å². The van der Waals surface area contributed by atoms with Crippen molar-refractivity contribution in [1.29, 1.82) is 0 Å². The molecule has 0 radical (unpaired) electrons. The van der Waals surface area contributed by atoms with Crippen molar-refractivity contribution in [3.63, 3.8) is 0 Å². The molecule has 2 aromatic heterocycles. The summed E-state index contributed by atoms with van der Waals surface area (Å²) in [6.07, 6.45) is 8.67. The number of benzene rings is 1. The van der Waals surface area contributed by atoms with Crippen LogP contribution in [-0.4, -0.2) is 39.7 Å². The van der Waals surface area contributed by atoms with E-state index in [0.717, 1.165) is 50.2 Å². The van der Waals surface area contributed by atoms with Gasteiger partial charge < -0.3 is 14.0 Å². The smallest absolute Gasteiger partial charge is 0.240 e. The average Bonchev–Trinajstić information content (AvgIpc) is 3.16. The highest BCUT2D eigenvalue weighted by molar-refractivity contribution is 5.90. The van der Waals surface area contributed by atoms with Crippen LogP contribution in [-0.2, 0) is 17.8 Å². The number of hydrogen-bond donors (Lipinski definition) is 1. The SMILES string of the molecule is Cc1cc(Cn2cc3c4c(cccc42)[C@H](CC(C)C)N[C@H](C(=O)N2CCCCCC2)C3)no1. The highest BCUT2D eigenvalue weighted by Crippen LogP contribution is 2.36. The number of carbonyl (C=O) groups excluding carboxylic acids is 1. The second-order valence-corrected chi connectivity index (χ2v) is 10.3. The second kappa shape index (κ2) is 9.34. The van der Waals surface area contributed by atoms with E-state index in [0.29, 0.717) is 12.5 Å². The van der Waals surface area contributed by atoms with Crippen molar-refractivity contribution in [2.75, 3.05) is 13.1 Å². The normalized spacial score (nSPS) is 21.4. The minimum absolute atomic E-state index is 0.168. The standard InChI is InChI=1S/C27H36N4O2/c1-18(2)13-23-22-9-8-10-25-26(22)20(16-31(25)17-21-14-19(3)33-29-21)15-24(28-23)27(32)30-11-6-4-5-7-12-30/h8-10,14,16,18,23-24,28H,4-7,11-13,15,17H2,1-3H3/t23-,24-/m0/s1. The molecule has 0 aliphatic carbocycles. The van der Waals surface area contributed by atoms with Crippen molar-refractivity contribution in [2.24, 2.45) is 5.92 Å². The molecule has 6 nitrogen and oxygen atoms in total. The van der Waals surface area contributed by atoms with Crippen LogP contribution in [0.3, 0.4) is 0 Å². The van der Waals surface area contributed by atoms with Crippen LogP contribution in [0, 0.1) is 12.8 Å². The van der Waals surface area contributed by atoms with Crippen molar-refractivity contribution in [3.8, 4) is 0 Å². The van der Waals surface area contributed by atoms with E-state index < -0.39 is 0 Å². The maximum Gasteiger partial charge on any atom is 0.240 e. The summed E-state index contributed by atoms with van der Waals surface area (Å²) < 4.78 is 7.58. The second-order valence-electron chi connectivity index (χ2n) is 10.3. The zero-order valence-electron chi connectivity index (χ0n) is 20.1. The van der Waals surface area contributed by atoms with E-state index >= 15 is 0 Å². The van der Waals surface area contributed by atoms with E-state index in [2.05, 4.69) is 58.2 Å². The van der Waals surface area contributed by atoms with Gasteiger partial charge in [0.1, 0.15) is 11.5 Å². The summed E-state index contributed by atoms with van der Waals surface area (Å²) in [6.45, 7) is 8.90. The molecule has 1 saturated heterocycles. The van der Waals surface area contributed by atoms with Gasteiger partial charge in [-0.05, 0) is 55.7 Å². The summed E-state index contributed by atoms with van der Waals surface area (Å²) in [7, 11) is 0. The zero-order chi connectivity index (χ0) is 22.9. The van der Waals surface area contributed by atoms with Crippen molar-refractivity contribution >= 4 is 16.8 Å². The maximum absolute atomic E-state index is 13.7. The summed E-state index contributed by atoms with van der Waals surface area (Å²) in [5.74, 6) is 1.63. The lowest BCUT2D eigenvalue weighted by atomic mass is 9.94. The summed E-state index contributed by atoms with van der Waals surface area (Å²) >= 11 is 0. The first kappa shape index (κ1) is 22.2. The lowest BCUT2D eigenvalue weighted by Crippen LogP contribution is -2.48. The molecule has 1 N–H and O–H groups in total. The fourth-order valence-corrected chi connectivity index (χ4v) is 5.66. The van der Waals surface area contributed by atoms with Crippen molar-refractivity contribution in [2.45, 2.75) is 77.9 Å². The van der Waals surface area contributed by atoms with Crippen LogP contribution in [0.1, 0.15) is 74.6 Å². The number of aryl methyl sites for hydroxylation is 1. The van der Waals surface area contributed by atoms with Crippen LogP contribution in [0.4, 0.5) is 0 Å². The van der Waals surface area contributed by atoms with Gasteiger partial charge in [0.25, 0.3) is 0 Å². The van der Waals surface area contributed by atoms with Gasteiger partial charge in [0, 0.05) is 42.3 Å². The molecule has 4 heterocycles. The molecule has 6 heteroatoms. The van der Waals surface area contributed by atoms with Crippen molar-refractivity contribution < 1.29 is 9.32 Å². The lowest BCUT2D eigenvalue weighted by Gasteiger charge is -2.29. The third-order valence-corrected chi connectivity index (χ3v) is 7.15. The Morgan fingerprint density at radius 3 is 2.70 bits per heavy atom. The molecule has 2 aliphatic heterocycles. The predicted molar refractivity (Wildman–Crippen MR) is 130 cm³/mol. The molecule has 1 aromatic carbocycles. The molecule has 0 spiro atoms. The third-order valence-electron chi connectivity index (χ3n) is 7.15. The summed E-state index contributed by atoms with van der Waals surface area (Å²) in [5.41, 5.74) is 4.71. The minimum Gasteiger partial charge on any atom is -0.361 e. The zero-order valence-corrected chi connectivity index (χ0v) is 20.1. The molecular weight excluding hydrogens is 412 g/mol. The molecule has 2 atom stereocenters. The largest absolute Gasteiger partial charge is 0.361 e. The third kappa shape index (κ3) is 4.58. The fourth-order valence-electron chi connectivity index (χ4n) is 5.66. The van der Waals surface area contributed by atoms with E-state index in [1.807, 2.05) is 13.0 Å². The quantitative estimate of drug-likeness (QED) is 0.597. The van der Waals surface area contributed by atoms with Gasteiger partial charge in [-0.3, -0.25) is 10.1 Å². The molecule has 1 fully saturated rings. The average molecular weight is 449 g/mol. The first-order chi connectivity index (χ1) is 16.0. The van der Waals surface area contributed by atoms with Crippen LogP contribution in [0.15, 0.2) is 35.0 Å².